The van der Waals surface area contributed by atoms with Crippen LogP contribution in [0.1, 0.15) is 22.3 Å². The second kappa shape index (κ2) is 12.0. The van der Waals surface area contributed by atoms with E-state index in [1.807, 2.05) is 12.1 Å². The molecule has 1 aliphatic rings. The number of carbonyl (C=O) groups excluding carboxylic acids is 1. The molecule has 2 aromatic carbocycles. The third-order valence-electron chi connectivity index (χ3n) is 6.43. The molecule has 1 aliphatic heterocycles. The summed E-state index contributed by atoms with van der Waals surface area (Å²) >= 11 is 0. The van der Waals surface area contributed by atoms with Crippen LogP contribution in [0.2, 0.25) is 0 Å². The van der Waals surface area contributed by atoms with E-state index in [1.54, 1.807) is 43.4 Å². The number of ether oxygens (including phenoxy) is 2. The van der Waals surface area contributed by atoms with E-state index in [-0.39, 0.29) is 18.3 Å². The average molecular weight is 497 g/mol. The molecule has 2 heterocycles. The lowest BCUT2D eigenvalue weighted by Crippen LogP contribution is -2.45. The molecule has 1 saturated heterocycles. The van der Waals surface area contributed by atoms with Crippen LogP contribution in [-0.4, -0.2) is 81.5 Å². The van der Waals surface area contributed by atoms with E-state index in [9.17, 15) is 9.18 Å². The molecule has 0 spiro atoms. The minimum atomic E-state index is -0.323. The Morgan fingerprint density at radius 2 is 1.81 bits per heavy atom. The van der Waals surface area contributed by atoms with Crippen molar-refractivity contribution in [1.29, 1.82) is 0 Å². The standard InChI is InChI=1S/C27H33FN4O4/c1-30-14-16-31(17-15-30)27-23(25(29-36-27)20-9-11-21(28)12-10-20)19-32(13-6-18-34-2)26(33)22-7-4-5-8-24(22)35-3/h4-5,7-12H,6,13-19H2,1-3H3. The molecule has 9 heteroatoms. The molecule has 0 radical (unpaired) electrons. The molecule has 0 atom stereocenters. The van der Waals surface area contributed by atoms with Gasteiger partial charge in [-0.05, 0) is 49.9 Å². The SMILES string of the molecule is COCCCN(Cc1c(-c2ccc(F)cc2)noc1N1CCN(C)CC1)C(=O)c1ccccc1OC. The Labute approximate surface area is 211 Å². The number of aromatic nitrogens is 1. The normalized spacial score (nSPS) is 14.2. The third-order valence-corrected chi connectivity index (χ3v) is 6.43. The summed E-state index contributed by atoms with van der Waals surface area (Å²) in [5.74, 6) is 0.685. The second-order valence-corrected chi connectivity index (χ2v) is 8.89. The van der Waals surface area contributed by atoms with E-state index in [1.165, 1.54) is 12.1 Å². The summed E-state index contributed by atoms with van der Waals surface area (Å²) in [6.45, 7) is 4.62. The van der Waals surface area contributed by atoms with E-state index < -0.39 is 0 Å². The monoisotopic (exact) mass is 496 g/mol. The van der Waals surface area contributed by atoms with Gasteiger partial charge in [-0.1, -0.05) is 17.3 Å². The number of hydrogen-bond acceptors (Lipinski definition) is 7. The van der Waals surface area contributed by atoms with E-state index in [2.05, 4.69) is 22.0 Å². The van der Waals surface area contributed by atoms with Crippen molar-refractivity contribution in [2.24, 2.45) is 0 Å². The predicted octanol–water partition coefficient (Wildman–Crippen LogP) is 3.92. The van der Waals surface area contributed by atoms with Crippen LogP contribution in [0.5, 0.6) is 5.75 Å². The Balaban J connectivity index is 1.72. The number of benzene rings is 2. The third kappa shape index (κ3) is 5.85. The minimum absolute atomic E-state index is 0.154. The number of hydrogen-bond donors (Lipinski definition) is 0. The van der Waals surface area contributed by atoms with Gasteiger partial charge in [0.05, 0.1) is 24.8 Å². The number of piperazine rings is 1. The maximum Gasteiger partial charge on any atom is 0.257 e. The first-order valence-corrected chi connectivity index (χ1v) is 12.1. The lowest BCUT2D eigenvalue weighted by atomic mass is 10.1. The summed E-state index contributed by atoms with van der Waals surface area (Å²) in [7, 11) is 5.29. The smallest absolute Gasteiger partial charge is 0.257 e. The summed E-state index contributed by atoms with van der Waals surface area (Å²) in [6, 6.07) is 13.4. The lowest BCUT2D eigenvalue weighted by molar-refractivity contribution is 0.0720. The Hall–Kier alpha value is -3.43. The van der Waals surface area contributed by atoms with Crippen molar-refractivity contribution in [2.45, 2.75) is 13.0 Å². The van der Waals surface area contributed by atoms with Crippen LogP contribution in [-0.2, 0) is 11.3 Å². The van der Waals surface area contributed by atoms with Crippen molar-refractivity contribution in [1.82, 2.24) is 15.0 Å². The van der Waals surface area contributed by atoms with Gasteiger partial charge < -0.3 is 28.7 Å². The fraction of sp³-hybridized carbons (Fsp3) is 0.407. The van der Waals surface area contributed by atoms with Gasteiger partial charge in [0, 0.05) is 52.0 Å². The zero-order valence-corrected chi connectivity index (χ0v) is 21.1. The molecule has 4 rings (SSSR count). The van der Waals surface area contributed by atoms with Crippen LogP contribution in [0.25, 0.3) is 11.3 Å². The van der Waals surface area contributed by atoms with Gasteiger partial charge in [-0.25, -0.2) is 4.39 Å². The number of amides is 1. The van der Waals surface area contributed by atoms with Crippen molar-refractivity contribution in [3.8, 4) is 17.0 Å². The number of halogens is 1. The molecule has 0 bridgehead atoms. The maximum atomic E-state index is 13.8. The average Bonchev–Trinajstić information content (AvgIpc) is 3.32. The summed E-state index contributed by atoms with van der Waals surface area (Å²) in [4.78, 5) is 19.9. The molecular formula is C27H33FN4O4. The summed E-state index contributed by atoms with van der Waals surface area (Å²) in [5.41, 5.74) is 2.62. The molecule has 0 N–H and O–H groups in total. The summed E-state index contributed by atoms with van der Waals surface area (Å²) in [6.07, 6.45) is 0.665. The quantitative estimate of drug-likeness (QED) is 0.394. The summed E-state index contributed by atoms with van der Waals surface area (Å²) in [5, 5.41) is 4.39. The van der Waals surface area contributed by atoms with E-state index >= 15 is 0 Å². The summed E-state index contributed by atoms with van der Waals surface area (Å²) < 4.78 is 30.2. The van der Waals surface area contributed by atoms with Gasteiger partial charge in [0.25, 0.3) is 5.91 Å². The van der Waals surface area contributed by atoms with E-state index in [4.69, 9.17) is 14.0 Å². The van der Waals surface area contributed by atoms with Crippen molar-refractivity contribution >= 4 is 11.8 Å². The van der Waals surface area contributed by atoms with Gasteiger partial charge in [-0.2, -0.15) is 0 Å². The molecule has 3 aromatic rings. The van der Waals surface area contributed by atoms with E-state index in [0.29, 0.717) is 42.5 Å². The lowest BCUT2D eigenvalue weighted by Gasteiger charge is -2.33. The van der Waals surface area contributed by atoms with Crippen molar-refractivity contribution in [3.05, 3.63) is 65.5 Å². The number of nitrogens with zero attached hydrogens (tertiary/aromatic N) is 4. The zero-order valence-electron chi connectivity index (χ0n) is 21.1. The molecule has 36 heavy (non-hydrogen) atoms. The highest BCUT2D eigenvalue weighted by molar-refractivity contribution is 5.97. The minimum Gasteiger partial charge on any atom is -0.496 e. The number of carbonyl (C=O) groups is 1. The highest BCUT2D eigenvalue weighted by Crippen LogP contribution is 2.34. The van der Waals surface area contributed by atoms with Gasteiger partial charge in [-0.3, -0.25) is 4.79 Å². The van der Waals surface area contributed by atoms with Gasteiger partial charge in [0.2, 0.25) is 5.88 Å². The van der Waals surface area contributed by atoms with Gasteiger partial charge >= 0.3 is 0 Å². The maximum absolute atomic E-state index is 13.8. The Morgan fingerprint density at radius 3 is 2.50 bits per heavy atom. The van der Waals surface area contributed by atoms with E-state index in [0.717, 1.165) is 37.3 Å². The molecule has 1 amide bonds. The molecule has 0 aliphatic carbocycles. The Kier molecular flexibility index (Phi) is 8.56. The zero-order chi connectivity index (χ0) is 25.5. The number of para-hydroxylation sites is 1. The number of rotatable bonds is 10. The molecular weight excluding hydrogens is 463 g/mol. The van der Waals surface area contributed by atoms with Gasteiger partial charge in [0.1, 0.15) is 17.3 Å². The number of anilines is 1. The molecule has 192 valence electrons. The molecule has 1 fully saturated rings. The molecule has 1 aromatic heterocycles. The van der Waals surface area contributed by atoms with Crippen LogP contribution >= 0.6 is 0 Å². The molecule has 0 unspecified atom stereocenters. The first kappa shape index (κ1) is 25.7. The second-order valence-electron chi connectivity index (χ2n) is 8.89. The van der Waals surface area contributed by atoms with Crippen LogP contribution in [0.4, 0.5) is 10.3 Å². The first-order chi connectivity index (χ1) is 17.5. The van der Waals surface area contributed by atoms with Crippen LogP contribution in [0.15, 0.2) is 53.1 Å². The van der Waals surface area contributed by atoms with Crippen LogP contribution < -0.4 is 9.64 Å². The predicted molar refractivity (Wildman–Crippen MR) is 136 cm³/mol. The Bertz CT molecular complexity index is 1140. The number of likely N-dealkylation sites (N-methyl/N-ethyl adjacent to an activating group) is 1. The molecule has 8 nitrogen and oxygen atoms in total. The fourth-order valence-electron chi connectivity index (χ4n) is 4.37. The van der Waals surface area contributed by atoms with Gasteiger partial charge in [0.15, 0.2) is 0 Å². The largest absolute Gasteiger partial charge is 0.496 e. The van der Waals surface area contributed by atoms with Crippen molar-refractivity contribution in [3.63, 3.8) is 0 Å². The van der Waals surface area contributed by atoms with Gasteiger partial charge in [-0.15, -0.1) is 0 Å². The Morgan fingerprint density at radius 1 is 1.08 bits per heavy atom. The van der Waals surface area contributed by atoms with Crippen molar-refractivity contribution in [2.75, 3.05) is 65.5 Å². The highest BCUT2D eigenvalue weighted by atomic mass is 19.1. The highest BCUT2D eigenvalue weighted by Gasteiger charge is 2.29. The first-order valence-electron chi connectivity index (χ1n) is 12.1. The van der Waals surface area contributed by atoms with Crippen LogP contribution in [0.3, 0.4) is 0 Å². The van der Waals surface area contributed by atoms with Crippen molar-refractivity contribution < 1.29 is 23.2 Å². The van der Waals surface area contributed by atoms with Crippen LogP contribution in [0, 0.1) is 5.82 Å². The fourth-order valence-corrected chi connectivity index (χ4v) is 4.37. The molecule has 0 saturated carbocycles. The number of methoxy groups -OCH3 is 2. The topological polar surface area (TPSA) is 71.3 Å².